The van der Waals surface area contributed by atoms with Gasteiger partial charge in [0, 0.05) is 39.3 Å². The molecule has 1 N–H and O–H groups in total. The van der Waals surface area contributed by atoms with Gasteiger partial charge in [-0.25, -0.2) is 4.79 Å². The van der Waals surface area contributed by atoms with Crippen LogP contribution in [0.3, 0.4) is 0 Å². The fourth-order valence-corrected chi connectivity index (χ4v) is 2.99. The summed E-state index contributed by atoms with van der Waals surface area (Å²) in [4.78, 5) is 30.3. The van der Waals surface area contributed by atoms with Crippen molar-refractivity contribution in [1.29, 1.82) is 0 Å². The second-order valence-electron chi connectivity index (χ2n) is 5.82. The molecule has 22 heavy (non-hydrogen) atoms. The first kappa shape index (κ1) is 16.6. The predicted molar refractivity (Wildman–Crippen MR) is 85.3 cm³/mol. The van der Waals surface area contributed by atoms with Crippen LogP contribution in [0.25, 0.3) is 0 Å². The summed E-state index contributed by atoms with van der Waals surface area (Å²) < 4.78 is 0. The Hall–Kier alpha value is -1.74. The molecule has 2 rings (SSSR count). The van der Waals surface area contributed by atoms with Crippen LogP contribution in [0.15, 0.2) is 0 Å². The molecule has 3 amide bonds. The lowest BCUT2D eigenvalue weighted by Crippen LogP contribution is -2.56. The highest BCUT2D eigenvalue weighted by Gasteiger charge is 2.30. The topological polar surface area (TPSA) is 55.9 Å². The maximum atomic E-state index is 12.4. The molecule has 122 valence electrons. The van der Waals surface area contributed by atoms with Crippen LogP contribution < -0.4 is 5.32 Å². The summed E-state index contributed by atoms with van der Waals surface area (Å²) in [5.41, 5.74) is 0. The number of hydrogen-bond acceptors (Lipinski definition) is 3. The molecule has 2 heterocycles. The van der Waals surface area contributed by atoms with Crippen LogP contribution in [-0.4, -0.2) is 78.5 Å². The Morgan fingerprint density at radius 1 is 1.05 bits per heavy atom. The number of rotatable bonds is 3. The van der Waals surface area contributed by atoms with Gasteiger partial charge in [-0.05, 0) is 26.7 Å². The highest BCUT2D eigenvalue weighted by atomic mass is 16.2. The first-order chi connectivity index (χ1) is 10.6. The van der Waals surface area contributed by atoms with E-state index in [1.165, 1.54) is 0 Å². The van der Waals surface area contributed by atoms with E-state index >= 15 is 0 Å². The average molecular weight is 306 g/mol. The van der Waals surface area contributed by atoms with Gasteiger partial charge in [-0.3, -0.25) is 9.69 Å². The Morgan fingerprint density at radius 3 is 2.27 bits per heavy atom. The first-order valence-corrected chi connectivity index (χ1v) is 8.08. The van der Waals surface area contributed by atoms with Gasteiger partial charge in [0.15, 0.2) is 0 Å². The second-order valence-corrected chi connectivity index (χ2v) is 5.82. The zero-order valence-electron chi connectivity index (χ0n) is 13.6. The minimum absolute atomic E-state index is 0.0686. The maximum Gasteiger partial charge on any atom is 0.318 e. The number of carbonyl (C=O) groups excluding carboxylic acids is 2. The van der Waals surface area contributed by atoms with Gasteiger partial charge in [-0.1, -0.05) is 5.92 Å². The molecule has 2 aliphatic heterocycles. The molecule has 1 atom stereocenters. The molecule has 2 aliphatic rings. The van der Waals surface area contributed by atoms with Crippen molar-refractivity contribution >= 4 is 11.9 Å². The normalized spacial score (nSPS) is 20.3. The van der Waals surface area contributed by atoms with Gasteiger partial charge >= 0.3 is 6.03 Å². The van der Waals surface area contributed by atoms with Crippen molar-refractivity contribution in [3.63, 3.8) is 0 Å². The van der Waals surface area contributed by atoms with Crippen LogP contribution >= 0.6 is 0 Å². The van der Waals surface area contributed by atoms with Crippen molar-refractivity contribution < 1.29 is 9.59 Å². The van der Waals surface area contributed by atoms with Gasteiger partial charge in [0.25, 0.3) is 0 Å². The summed E-state index contributed by atoms with van der Waals surface area (Å²) in [6.45, 7) is 8.71. The van der Waals surface area contributed by atoms with Gasteiger partial charge in [0.05, 0.1) is 12.6 Å². The Bertz CT molecular complexity index is 455. The largest absolute Gasteiger partial charge is 0.341 e. The molecule has 0 spiro atoms. The molecule has 0 radical (unpaired) electrons. The van der Waals surface area contributed by atoms with Gasteiger partial charge in [0.1, 0.15) is 0 Å². The Kier molecular flexibility index (Phi) is 6.08. The zero-order chi connectivity index (χ0) is 15.9. The fourth-order valence-electron chi connectivity index (χ4n) is 2.99. The summed E-state index contributed by atoms with van der Waals surface area (Å²) in [5.74, 6) is 5.81. The molecule has 0 saturated carbocycles. The molecule has 0 bridgehead atoms. The van der Waals surface area contributed by atoms with E-state index in [9.17, 15) is 9.59 Å². The van der Waals surface area contributed by atoms with Gasteiger partial charge in [0.2, 0.25) is 5.91 Å². The molecule has 2 fully saturated rings. The van der Waals surface area contributed by atoms with Crippen molar-refractivity contribution in [3.05, 3.63) is 0 Å². The van der Waals surface area contributed by atoms with Crippen molar-refractivity contribution in [1.82, 2.24) is 20.0 Å². The molecule has 0 aromatic rings. The van der Waals surface area contributed by atoms with Crippen LogP contribution in [-0.2, 0) is 4.79 Å². The van der Waals surface area contributed by atoms with E-state index in [4.69, 9.17) is 0 Å². The number of piperazine rings is 1. The minimum atomic E-state index is -0.0886. The molecular weight excluding hydrogens is 280 g/mol. The Morgan fingerprint density at radius 2 is 1.68 bits per heavy atom. The smallest absolute Gasteiger partial charge is 0.318 e. The lowest BCUT2D eigenvalue weighted by atomic mass is 10.2. The highest BCUT2D eigenvalue weighted by Crippen LogP contribution is 2.13. The average Bonchev–Trinajstić information content (AvgIpc) is 3.08. The van der Waals surface area contributed by atoms with Crippen LogP contribution in [0, 0.1) is 11.8 Å². The van der Waals surface area contributed by atoms with Crippen molar-refractivity contribution in [2.45, 2.75) is 32.7 Å². The van der Waals surface area contributed by atoms with Crippen LogP contribution in [0.2, 0.25) is 0 Å². The third-order valence-electron chi connectivity index (χ3n) is 4.43. The number of amides is 3. The van der Waals surface area contributed by atoms with Gasteiger partial charge in [-0.2, -0.15) is 0 Å². The first-order valence-electron chi connectivity index (χ1n) is 8.08. The SMILES string of the molecule is CC#CCNC(=O)N1CCN(C(C)C(=O)N2CCCC2)CC1. The third kappa shape index (κ3) is 4.14. The number of hydrogen-bond donors (Lipinski definition) is 1. The number of carbonyl (C=O) groups is 2. The third-order valence-corrected chi connectivity index (χ3v) is 4.43. The zero-order valence-corrected chi connectivity index (χ0v) is 13.6. The summed E-state index contributed by atoms with van der Waals surface area (Å²) in [6.07, 6.45) is 2.24. The molecule has 1 unspecified atom stereocenters. The lowest BCUT2D eigenvalue weighted by Gasteiger charge is -2.38. The number of nitrogens with zero attached hydrogens (tertiary/aromatic N) is 3. The van der Waals surface area contributed by atoms with Crippen molar-refractivity contribution in [2.24, 2.45) is 0 Å². The van der Waals surface area contributed by atoms with E-state index in [2.05, 4.69) is 22.1 Å². The fraction of sp³-hybridized carbons (Fsp3) is 0.750. The minimum Gasteiger partial charge on any atom is -0.341 e. The Balaban J connectivity index is 1.77. The number of urea groups is 1. The summed E-state index contributed by atoms with van der Waals surface area (Å²) in [6, 6.07) is -0.157. The maximum absolute atomic E-state index is 12.4. The summed E-state index contributed by atoms with van der Waals surface area (Å²) >= 11 is 0. The summed E-state index contributed by atoms with van der Waals surface area (Å²) in [5, 5.41) is 2.78. The van der Waals surface area contributed by atoms with Gasteiger partial charge in [-0.15, -0.1) is 5.92 Å². The van der Waals surface area contributed by atoms with E-state index in [-0.39, 0.29) is 18.0 Å². The van der Waals surface area contributed by atoms with E-state index < -0.39 is 0 Å². The monoisotopic (exact) mass is 306 g/mol. The van der Waals surface area contributed by atoms with Crippen molar-refractivity contribution in [2.75, 3.05) is 45.8 Å². The van der Waals surface area contributed by atoms with Crippen LogP contribution in [0.5, 0.6) is 0 Å². The molecule has 6 nitrogen and oxygen atoms in total. The number of likely N-dealkylation sites (tertiary alicyclic amines) is 1. The molecule has 6 heteroatoms. The Labute approximate surface area is 132 Å². The predicted octanol–water partition coefficient (Wildman–Crippen LogP) is 0.348. The van der Waals surface area contributed by atoms with E-state index in [0.29, 0.717) is 19.6 Å². The van der Waals surface area contributed by atoms with E-state index in [1.807, 2.05) is 11.8 Å². The molecular formula is C16H26N4O2. The lowest BCUT2D eigenvalue weighted by molar-refractivity contribution is -0.135. The van der Waals surface area contributed by atoms with Gasteiger partial charge < -0.3 is 15.1 Å². The van der Waals surface area contributed by atoms with Crippen LogP contribution in [0.1, 0.15) is 26.7 Å². The number of nitrogens with one attached hydrogen (secondary N) is 1. The summed E-state index contributed by atoms with van der Waals surface area (Å²) in [7, 11) is 0. The van der Waals surface area contributed by atoms with Crippen molar-refractivity contribution in [3.8, 4) is 11.8 Å². The molecule has 0 aromatic heterocycles. The quantitative estimate of drug-likeness (QED) is 0.766. The molecule has 0 aromatic carbocycles. The molecule has 2 saturated heterocycles. The second kappa shape index (κ2) is 8.04. The van der Waals surface area contributed by atoms with Crippen LogP contribution in [0.4, 0.5) is 4.79 Å². The van der Waals surface area contributed by atoms with E-state index in [0.717, 1.165) is 39.0 Å². The highest BCUT2D eigenvalue weighted by molar-refractivity contribution is 5.81. The molecule has 0 aliphatic carbocycles. The van der Waals surface area contributed by atoms with E-state index in [1.54, 1.807) is 11.8 Å². The standard InChI is InChI=1S/C16H26N4O2/c1-3-4-7-17-16(22)20-12-10-18(11-13-20)14(2)15(21)19-8-5-6-9-19/h14H,5-13H2,1-2H3,(H,17,22).